The summed E-state index contributed by atoms with van der Waals surface area (Å²) in [5.74, 6) is 0.640. The Kier molecular flexibility index (Phi) is 4.47. The SMILES string of the molecule is CSP(C)c1ccc(C(C)C)c(C)c1. The minimum absolute atomic E-state index is 0.00466. The lowest BCUT2D eigenvalue weighted by Crippen LogP contribution is -2.02. The summed E-state index contributed by atoms with van der Waals surface area (Å²) in [6, 6.07) is 6.95. The molecule has 2 heteroatoms. The van der Waals surface area contributed by atoms with E-state index >= 15 is 0 Å². The van der Waals surface area contributed by atoms with Crippen molar-refractivity contribution in [2.24, 2.45) is 0 Å². The Morgan fingerprint density at radius 3 is 2.36 bits per heavy atom. The first-order chi connectivity index (χ1) is 6.56. The summed E-state index contributed by atoms with van der Waals surface area (Å²) < 4.78 is 0. The average molecular weight is 226 g/mol. The smallest absolute Gasteiger partial charge is 0.0138 e. The first-order valence-electron chi connectivity index (χ1n) is 4.94. The standard InChI is InChI=1S/C12H19PS/c1-9(2)12-7-6-11(8-10(12)3)13(4)14-5/h6-9H,1-5H3. The van der Waals surface area contributed by atoms with Gasteiger partial charge < -0.3 is 0 Å². The van der Waals surface area contributed by atoms with Crippen LogP contribution >= 0.6 is 18.5 Å². The molecule has 78 valence electrons. The molecule has 1 atom stereocenters. The third-order valence-electron chi connectivity index (χ3n) is 2.51. The second-order valence-electron chi connectivity index (χ2n) is 3.88. The van der Waals surface area contributed by atoms with Crippen LogP contribution in [0.25, 0.3) is 0 Å². The molecule has 0 aromatic heterocycles. The second kappa shape index (κ2) is 5.19. The largest absolute Gasteiger partial charge is 0.133 e. The predicted molar refractivity (Wildman–Crippen MR) is 71.3 cm³/mol. The van der Waals surface area contributed by atoms with Crippen molar-refractivity contribution in [2.75, 3.05) is 12.9 Å². The van der Waals surface area contributed by atoms with E-state index in [1.165, 1.54) is 16.4 Å². The van der Waals surface area contributed by atoms with Crippen molar-refractivity contribution in [2.45, 2.75) is 26.7 Å². The minimum Gasteiger partial charge on any atom is -0.133 e. The lowest BCUT2D eigenvalue weighted by atomic mass is 9.98. The molecule has 0 aliphatic rings. The Bertz CT molecular complexity index is 307. The third-order valence-corrected chi connectivity index (χ3v) is 6.34. The van der Waals surface area contributed by atoms with E-state index in [1.54, 1.807) is 0 Å². The van der Waals surface area contributed by atoms with Crippen molar-refractivity contribution in [3.05, 3.63) is 29.3 Å². The fourth-order valence-electron chi connectivity index (χ4n) is 1.61. The Labute approximate surface area is 93.0 Å². The van der Waals surface area contributed by atoms with E-state index < -0.39 is 0 Å². The highest BCUT2D eigenvalue weighted by molar-refractivity contribution is 8.57. The van der Waals surface area contributed by atoms with Crippen LogP contribution in [0.5, 0.6) is 0 Å². The fraction of sp³-hybridized carbons (Fsp3) is 0.500. The van der Waals surface area contributed by atoms with Gasteiger partial charge in [-0.2, -0.15) is 0 Å². The number of hydrogen-bond donors (Lipinski definition) is 0. The average Bonchev–Trinajstić information content (AvgIpc) is 2.15. The number of benzene rings is 1. The zero-order chi connectivity index (χ0) is 10.7. The minimum atomic E-state index is -0.00466. The molecule has 1 aromatic carbocycles. The van der Waals surface area contributed by atoms with Crippen molar-refractivity contribution in [3.63, 3.8) is 0 Å². The zero-order valence-electron chi connectivity index (χ0n) is 9.66. The summed E-state index contributed by atoms with van der Waals surface area (Å²) in [7, 11) is -0.00466. The van der Waals surface area contributed by atoms with Crippen LogP contribution in [0.1, 0.15) is 30.9 Å². The zero-order valence-corrected chi connectivity index (χ0v) is 11.4. The maximum Gasteiger partial charge on any atom is -0.0138 e. The Balaban J connectivity index is 3.00. The Hall–Kier alpha value is 0. The maximum absolute atomic E-state index is 2.36. The van der Waals surface area contributed by atoms with Crippen molar-refractivity contribution in [1.29, 1.82) is 0 Å². The molecule has 0 saturated carbocycles. The monoisotopic (exact) mass is 226 g/mol. The molecule has 0 radical (unpaired) electrons. The summed E-state index contributed by atoms with van der Waals surface area (Å²) in [4.78, 5) is 0. The molecule has 0 N–H and O–H groups in total. The Morgan fingerprint density at radius 1 is 1.29 bits per heavy atom. The molecular weight excluding hydrogens is 207 g/mol. The molecular formula is C12H19PS. The van der Waals surface area contributed by atoms with Crippen molar-refractivity contribution in [1.82, 2.24) is 0 Å². The van der Waals surface area contributed by atoms with Gasteiger partial charge in [-0.05, 0) is 49.3 Å². The van der Waals surface area contributed by atoms with Crippen LogP contribution < -0.4 is 5.30 Å². The van der Waals surface area contributed by atoms with Gasteiger partial charge in [0.05, 0.1) is 0 Å². The van der Waals surface area contributed by atoms with E-state index in [-0.39, 0.29) is 7.12 Å². The van der Waals surface area contributed by atoms with Gasteiger partial charge in [0.2, 0.25) is 0 Å². The normalized spacial score (nSPS) is 13.3. The van der Waals surface area contributed by atoms with Gasteiger partial charge in [-0.3, -0.25) is 0 Å². The van der Waals surface area contributed by atoms with Gasteiger partial charge in [-0.25, -0.2) is 0 Å². The molecule has 0 saturated heterocycles. The van der Waals surface area contributed by atoms with E-state index in [0.717, 1.165) is 0 Å². The van der Waals surface area contributed by atoms with Crippen LogP contribution in [0.3, 0.4) is 0 Å². The van der Waals surface area contributed by atoms with E-state index in [0.29, 0.717) is 5.92 Å². The van der Waals surface area contributed by atoms with E-state index in [1.807, 2.05) is 11.4 Å². The van der Waals surface area contributed by atoms with Crippen LogP contribution in [-0.4, -0.2) is 12.9 Å². The molecule has 1 aromatic rings. The number of hydrogen-bond acceptors (Lipinski definition) is 1. The fourth-order valence-corrected chi connectivity index (χ4v) is 3.45. The van der Waals surface area contributed by atoms with Crippen LogP contribution in [0, 0.1) is 6.92 Å². The van der Waals surface area contributed by atoms with Crippen LogP contribution in [0.4, 0.5) is 0 Å². The molecule has 1 unspecified atom stereocenters. The molecule has 14 heavy (non-hydrogen) atoms. The highest BCUT2D eigenvalue weighted by Crippen LogP contribution is 2.42. The van der Waals surface area contributed by atoms with E-state index in [4.69, 9.17) is 0 Å². The highest BCUT2D eigenvalue weighted by Gasteiger charge is 2.07. The Morgan fingerprint density at radius 2 is 1.93 bits per heavy atom. The lowest BCUT2D eigenvalue weighted by molar-refractivity contribution is 0.857. The van der Waals surface area contributed by atoms with Gasteiger partial charge in [0.15, 0.2) is 0 Å². The first-order valence-corrected chi connectivity index (χ1v) is 8.56. The summed E-state index contributed by atoms with van der Waals surface area (Å²) in [5, 5.41) is 1.51. The van der Waals surface area contributed by atoms with Crippen LogP contribution in [0.2, 0.25) is 0 Å². The van der Waals surface area contributed by atoms with E-state index in [2.05, 4.69) is 51.9 Å². The summed E-state index contributed by atoms with van der Waals surface area (Å²) in [6.45, 7) is 9.06. The summed E-state index contributed by atoms with van der Waals surface area (Å²) >= 11 is 1.97. The van der Waals surface area contributed by atoms with Gasteiger partial charge in [-0.1, -0.05) is 32.0 Å². The molecule has 0 aliphatic heterocycles. The quantitative estimate of drug-likeness (QED) is 0.698. The molecule has 0 amide bonds. The van der Waals surface area contributed by atoms with Crippen molar-refractivity contribution >= 4 is 23.8 Å². The molecule has 0 spiro atoms. The topological polar surface area (TPSA) is 0 Å². The molecule has 0 fully saturated rings. The third kappa shape index (κ3) is 2.74. The van der Waals surface area contributed by atoms with Gasteiger partial charge >= 0.3 is 0 Å². The highest BCUT2D eigenvalue weighted by atomic mass is 32.7. The second-order valence-corrected chi connectivity index (χ2v) is 8.49. The number of rotatable bonds is 3. The van der Waals surface area contributed by atoms with Gasteiger partial charge in [-0.15, -0.1) is 11.4 Å². The maximum atomic E-state index is 2.36. The summed E-state index contributed by atoms with van der Waals surface area (Å²) in [6.07, 6.45) is 2.19. The molecule has 0 nitrogen and oxygen atoms in total. The van der Waals surface area contributed by atoms with Gasteiger partial charge in [0.25, 0.3) is 0 Å². The molecule has 0 aliphatic carbocycles. The van der Waals surface area contributed by atoms with E-state index in [9.17, 15) is 0 Å². The number of aryl methyl sites for hydroxylation is 1. The predicted octanol–water partition coefficient (Wildman–Crippen LogP) is 4.13. The summed E-state index contributed by atoms with van der Waals surface area (Å²) in [5.41, 5.74) is 2.93. The van der Waals surface area contributed by atoms with Crippen LogP contribution in [-0.2, 0) is 0 Å². The lowest BCUT2D eigenvalue weighted by Gasteiger charge is -2.14. The van der Waals surface area contributed by atoms with Gasteiger partial charge in [0.1, 0.15) is 0 Å². The first kappa shape index (κ1) is 12.1. The molecule has 0 heterocycles. The van der Waals surface area contributed by atoms with Crippen molar-refractivity contribution < 1.29 is 0 Å². The van der Waals surface area contributed by atoms with Crippen LogP contribution in [0.15, 0.2) is 18.2 Å². The van der Waals surface area contributed by atoms with Crippen molar-refractivity contribution in [3.8, 4) is 0 Å². The molecule has 0 bridgehead atoms. The van der Waals surface area contributed by atoms with Gasteiger partial charge in [0, 0.05) is 0 Å². The molecule has 1 rings (SSSR count).